The fourth-order valence-electron chi connectivity index (χ4n) is 4.28. The standard InChI is InChI=1S/C22H24ClNO3/c1-2-13-24-21(26)19-5-3-4-6-20(19)22(24,15-7-9-16(23)10-8-15)27-18-12-11-17(25)14-18/h3-7,9,11-12,17-18,25H,2,8,10,13-14H2,1H3/t17-,18+,22?/m1/s1. The number of carbonyl (C=O) groups is 1. The normalized spacial score (nSPS) is 29.7. The van der Waals surface area contributed by atoms with Crippen LogP contribution in [0, 0.1) is 0 Å². The number of rotatable bonds is 5. The highest BCUT2D eigenvalue weighted by Gasteiger charge is 2.54. The van der Waals surface area contributed by atoms with Crippen molar-refractivity contribution in [3.8, 4) is 0 Å². The lowest BCUT2D eigenvalue weighted by Crippen LogP contribution is -2.49. The summed E-state index contributed by atoms with van der Waals surface area (Å²) >= 11 is 6.20. The van der Waals surface area contributed by atoms with Gasteiger partial charge in [-0.1, -0.05) is 55.0 Å². The van der Waals surface area contributed by atoms with Gasteiger partial charge < -0.3 is 14.7 Å². The average Bonchev–Trinajstić information content (AvgIpc) is 3.18. The Morgan fingerprint density at radius 2 is 2.07 bits per heavy atom. The summed E-state index contributed by atoms with van der Waals surface area (Å²) in [4.78, 5) is 15.1. The summed E-state index contributed by atoms with van der Waals surface area (Å²) in [6.45, 7) is 2.66. The lowest BCUT2D eigenvalue weighted by molar-refractivity contribution is -0.138. The minimum absolute atomic E-state index is 0.00322. The summed E-state index contributed by atoms with van der Waals surface area (Å²) in [5, 5.41) is 10.7. The summed E-state index contributed by atoms with van der Waals surface area (Å²) in [7, 11) is 0. The number of ether oxygens (including phenoxy) is 1. The second-order valence-electron chi connectivity index (χ2n) is 7.30. The van der Waals surface area contributed by atoms with E-state index in [2.05, 4.69) is 6.92 Å². The molecule has 0 saturated heterocycles. The first-order valence-electron chi connectivity index (χ1n) is 9.57. The molecular weight excluding hydrogens is 362 g/mol. The van der Waals surface area contributed by atoms with Crippen LogP contribution in [0.2, 0.25) is 0 Å². The number of hydrogen-bond acceptors (Lipinski definition) is 3. The minimum Gasteiger partial charge on any atom is -0.389 e. The number of hydrogen-bond donors (Lipinski definition) is 1. The van der Waals surface area contributed by atoms with Crippen LogP contribution in [0.3, 0.4) is 0 Å². The van der Waals surface area contributed by atoms with Gasteiger partial charge in [0.1, 0.15) is 0 Å². The number of allylic oxidation sites excluding steroid dienone is 3. The molecule has 1 aromatic carbocycles. The maximum atomic E-state index is 13.3. The molecule has 0 aromatic heterocycles. The molecule has 1 N–H and O–H groups in total. The van der Waals surface area contributed by atoms with Crippen molar-refractivity contribution in [2.45, 2.75) is 50.5 Å². The molecule has 4 nitrogen and oxygen atoms in total. The molecule has 0 radical (unpaired) electrons. The second kappa shape index (κ2) is 7.27. The fourth-order valence-corrected chi connectivity index (χ4v) is 4.44. The molecule has 1 unspecified atom stereocenters. The smallest absolute Gasteiger partial charge is 0.257 e. The molecule has 3 aliphatic rings. The number of aliphatic hydroxyl groups excluding tert-OH is 1. The third kappa shape index (κ3) is 3.06. The molecule has 142 valence electrons. The van der Waals surface area contributed by atoms with Crippen LogP contribution in [-0.4, -0.2) is 34.7 Å². The fraction of sp³-hybridized carbons (Fsp3) is 0.409. The van der Waals surface area contributed by atoms with Gasteiger partial charge in [-0.05, 0) is 37.0 Å². The van der Waals surface area contributed by atoms with E-state index in [-0.39, 0.29) is 12.0 Å². The van der Waals surface area contributed by atoms with Crippen LogP contribution in [0.15, 0.2) is 59.2 Å². The van der Waals surface area contributed by atoms with Crippen molar-refractivity contribution in [3.05, 3.63) is 70.3 Å². The Hall–Kier alpha value is -1.88. The Morgan fingerprint density at radius 3 is 2.74 bits per heavy atom. The van der Waals surface area contributed by atoms with E-state index < -0.39 is 11.8 Å². The Morgan fingerprint density at radius 1 is 1.26 bits per heavy atom. The van der Waals surface area contributed by atoms with E-state index >= 15 is 0 Å². The molecular formula is C22H24ClNO3. The van der Waals surface area contributed by atoms with Gasteiger partial charge in [-0.3, -0.25) is 4.79 Å². The zero-order chi connectivity index (χ0) is 19.0. The summed E-state index contributed by atoms with van der Waals surface area (Å²) in [6.07, 6.45) is 9.60. The van der Waals surface area contributed by atoms with Gasteiger partial charge in [0.05, 0.1) is 12.2 Å². The van der Waals surface area contributed by atoms with Crippen molar-refractivity contribution in [2.75, 3.05) is 6.54 Å². The third-order valence-electron chi connectivity index (χ3n) is 5.47. The van der Waals surface area contributed by atoms with E-state index in [1.807, 2.05) is 47.4 Å². The van der Waals surface area contributed by atoms with Crippen LogP contribution in [0.4, 0.5) is 0 Å². The van der Waals surface area contributed by atoms with Gasteiger partial charge in [0.15, 0.2) is 5.72 Å². The topological polar surface area (TPSA) is 49.8 Å². The zero-order valence-electron chi connectivity index (χ0n) is 15.4. The van der Waals surface area contributed by atoms with Crippen molar-refractivity contribution in [1.29, 1.82) is 0 Å². The highest BCUT2D eigenvalue weighted by Crippen LogP contribution is 2.49. The van der Waals surface area contributed by atoms with Crippen molar-refractivity contribution in [3.63, 3.8) is 0 Å². The number of benzene rings is 1. The number of halogens is 1. The molecule has 1 aliphatic heterocycles. The third-order valence-corrected chi connectivity index (χ3v) is 5.79. The number of nitrogens with zero attached hydrogens (tertiary/aromatic N) is 1. The molecule has 1 amide bonds. The van der Waals surface area contributed by atoms with Crippen LogP contribution >= 0.6 is 11.6 Å². The Balaban J connectivity index is 1.87. The predicted molar refractivity (Wildman–Crippen MR) is 105 cm³/mol. The number of carbonyl (C=O) groups excluding carboxylic acids is 1. The Kier molecular flexibility index (Phi) is 4.97. The van der Waals surface area contributed by atoms with Crippen LogP contribution in [0.25, 0.3) is 0 Å². The average molecular weight is 386 g/mol. The molecule has 1 heterocycles. The highest BCUT2D eigenvalue weighted by atomic mass is 35.5. The Labute approximate surface area is 164 Å². The van der Waals surface area contributed by atoms with Crippen LogP contribution < -0.4 is 0 Å². The minimum atomic E-state index is -0.948. The maximum absolute atomic E-state index is 13.3. The van der Waals surface area contributed by atoms with E-state index in [1.165, 1.54) is 0 Å². The van der Waals surface area contributed by atoms with E-state index in [9.17, 15) is 9.90 Å². The van der Waals surface area contributed by atoms with Gasteiger partial charge in [0, 0.05) is 29.1 Å². The number of fused-ring (bicyclic) bond motifs is 1. The molecule has 27 heavy (non-hydrogen) atoms. The molecule has 0 bridgehead atoms. The molecule has 0 saturated carbocycles. The van der Waals surface area contributed by atoms with Crippen LogP contribution in [0.5, 0.6) is 0 Å². The van der Waals surface area contributed by atoms with Crippen molar-refractivity contribution < 1.29 is 14.6 Å². The van der Waals surface area contributed by atoms with E-state index in [4.69, 9.17) is 16.3 Å². The van der Waals surface area contributed by atoms with Crippen LogP contribution in [0.1, 0.15) is 48.5 Å². The largest absolute Gasteiger partial charge is 0.389 e. The lowest BCUT2D eigenvalue weighted by atomic mass is 9.87. The van der Waals surface area contributed by atoms with E-state index in [1.54, 1.807) is 6.08 Å². The quantitative estimate of drug-likeness (QED) is 0.770. The zero-order valence-corrected chi connectivity index (χ0v) is 16.2. The van der Waals surface area contributed by atoms with Gasteiger partial charge >= 0.3 is 0 Å². The molecule has 1 aromatic rings. The van der Waals surface area contributed by atoms with Gasteiger partial charge in [0.2, 0.25) is 0 Å². The predicted octanol–water partition coefficient (Wildman–Crippen LogP) is 4.25. The molecule has 0 fully saturated rings. The van der Waals surface area contributed by atoms with E-state index in [0.717, 1.165) is 35.4 Å². The van der Waals surface area contributed by atoms with Gasteiger partial charge in [0.25, 0.3) is 5.91 Å². The lowest BCUT2D eigenvalue weighted by Gasteiger charge is -2.43. The Bertz CT molecular complexity index is 844. The molecule has 4 rings (SSSR count). The molecule has 5 heteroatoms. The number of amides is 1. The van der Waals surface area contributed by atoms with Gasteiger partial charge in [-0.15, -0.1) is 0 Å². The molecule has 3 atom stereocenters. The first-order chi connectivity index (χ1) is 13.1. The maximum Gasteiger partial charge on any atom is 0.257 e. The van der Waals surface area contributed by atoms with Crippen molar-refractivity contribution >= 4 is 17.5 Å². The summed E-state index contributed by atoms with van der Waals surface area (Å²) in [5.74, 6) is -0.00322. The number of aliphatic hydroxyl groups is 1. The van der Waals surface area contributed by atoms with Crippen molar-refractivity contribution in [1.82, 2.24) is 4.90 Å². The highest BCUT2D eigenvalue weighted by molar-refractivity contribution is 6.29. The summed E-state index contributed by atoms with van der Waals surface area (Å²) in [5.41, 5.74) is 1.66. The first kappa shape index (κ1) is 18.5. The van der Waals surface area contributed by atoms with Gasteiger partial charge in [-0.2, -0.15) is 0 Å². The first-order valence-corrected chi connectivity index (χ1v) is 9.95. The second-order valence-corrected chi connectivity index (χ2v) is 7.78. The summed E-state index contributed by atoms with van der Waals surface area (Å²) < 4.78 is 6.68. The monoisotopic (exact) mass is 385 g/mol. The molecule has 0 spiro atoms. The molecule has 2 aliphatic carbocycles. The van der Waals surface area contributed by atoms with Gasteiger partial charge in [-0.25, -0.2) is 0 Å². The summed E-state index contributed by atoms with van der Waals surface area (Å²) in [6, 6.07) is 7.70. The van der Waals surface area contributed by atoms with E-state index in [0.29, 0.717) is 18.5 Å². The van der Waals surface area contributed by atoms with Crippen LogP contribution in [-0.2, 0) is 10.5 Å². The SMILES string of the molecule is CCCN1C(=O)c2ccccc2C1(O[C@H]1C=C[C@@H](O)C1)C1=CC=C(Cl)CC1. The van der Waals surface area contributed by atoms with Crippen molar-refractivity contribution in [2.24, 2.45) is 0 Å².